The molecule has 208 valence electrons. The van der Waals surface area contributed by atoms with E-state index < -0.39 is 0 Å². The zero-order valence-electron chi connectivity index (χ0n) is 23.0. The van der Waals surface area contributed by atoms with Crippen LogP contribution in [0.15, 0.2) is 35.1 Å². The number of nitrogen functional groups attached to an aromatic ring is 1. The number of nitriles is 1. The fraction of sp³-hybridized carbons (Fsp3) is 0.321. The Morgan fingerprint density at radius 1 is 1.22 bits per heavy atom. The van der Waals surface area contributed by atoms with E-state index in [2.05, 4.69) is 36.1 Å². The highest BCUT2D eigenvalue weighted by Gasteiger charge is 2.36. The molecule has 13 heteroatoms. The number of aryl methyl sites for hydroxylation is 2. The maximum absolute atomic E-state index is 10.1. The van der Waals surface area contributed by atoms with Crippen LogP contribution in [0.2, 0.25) is 5.02 Å². The second-order valence-electron chi connectivity index (χ2n) is 9.90. The number of anilines is 2. The van der Waals surface area contributed by atoms with E-state index in [4.69, 9.17) is 31.6 Å². The van der Waals surface area contributed by atoms with Gasteiger partial charge in [-0.05, 0) is 39.0 Å². The molecular formula is C28H27ClN10O2. The summed E-state index contributed by atoms with van der Waals surface area (Å²) >= 11 is 6.75. The van der Waals surface area contributed by atoms with Crippen LogP contribution in [0.25, 0.3) is 22.6 Å². The van der Waals surface area contributed by atoms with Crippen LogP contribution in [-0.4, -0.2) is 54.6 Å². The number of aromatic nitrogens is 7. The number of halogens is 1. The van der Waals surface area contributed by atoms with Gasteiger partial charge in [0.05, 0.1) is 46.2 Å². The van der Waals surface area contributed by atoms with E-state index in [1.165, 1.54) is 6.33 Å². The lowest BCUT2D eigenvalue weighted by Crippen LogP contribution is -2.45. The molecule has 1 fully saturated rings. The Labute approximate surface area is 240 Å². The first-order valence-corrected chi connectivity index (χ1v) is 13.5. The minimum absolute atomic E-state index is 0.0168. The van der Waals surface area contributed by atoms with Crippen LogP contribution in [0.3, 0.4) is 0 Å². The highest BCUT2D eigenvalue weighted by atomic mass is 35.5. The lowest BCUT2D eigenvalue weighted by molar-refractivity contribution is 0.323. The van der Waals surface area contributed by atoms with Crippen molar-refractivity contribution in [3.63, 3.8) is 0 Å². The zero-order chi connectivity index (χ0) is 28.8. The largest absolute Gasteiger partial charge is 0.493 e. The van der Waals surface area contributed by atoms with Gasteiger partial charge in [0.1, 0.15) is 29.7 Å². The van der Waals surface area contributed by atoms with E-state index in [1.807, 2.05) is 32.9 Å². The van der Waals surface area contributed by atoms with Crippen molar-refractivity contribution in [2.75, 3.05) is 30.3 Å². The van der Waals surface area contributed by atoms with Gasteiger partial charge in [-0.1, -0.05) is 11.6 Å². The fourth-order valence-corrected chi connectivity index (χ4v) is 5.60. The number of hydrogen-bond donors (Lipinski definition) is 1. The lowest BCUT2D eigenvalue weighted by Gasteiger charge is -2.42. The summed E-state index contributed by atoms with van der Waals surface area (Å²) in [4.78, 5) is 15.3. The van der Waals surface area contributed by atoms with E-state index in [0.717, 1.165) is 22.5 Å². The number of nitrogens with zero attached hydrogens (tertiary/aromatic N) is 9. The monoisotopic (exact) mass is 570 g/mol. The van der Waals surface area contributed by atoms with Crippen LogP contribution >= 0.6 is 11.6 Å². The van der Waals surface area contributed by atoms with Gasteiger partial charge in [-0.3, -0.25) is 0 Å². The van der Waals surface area contributed by atoms with Crippen LogP contribution in [0.4, 0.5) is 11.5 Å². The SMILES string of the molecule is CCOc1c(C(C)n2nc(C)c3c(N)ncnc32)cc(Cl)c(C#N)c1C1CN(c2ccc(-c3nnc(C)o3)nc2)C1. The molecule has 5 aromatic rings. The number of hydrogen-bond acceptors (Lipinski definition) is 11. The lowest BCUT2D eigenvalue weighted by atomic mass is 9.84. The first-order valence-electron chi connectivity index (χ1n) is 13.2. The van der Waals surface area contributed by atoms with Gasteiger partial charge in [-0.15, -0.1) is 10.2 Å². The summed E-state index contributed by atoms with van der Waals surface area (Å²) in [7, 11) is 0. The highest BCUT2D eigenvalue weighted by Crippen LogP contribution is 2.45. The van der Waals surface area contributed by atoms with Crippen LogP contribution in [0.5, 0.6) is 5.75 Å². The number of pyridine rings is 1. The Hall–Kier alpha value is -4.76. The molecule has 41 heavy (non-hydrogen) atoms. The molecule has 0 saturated carbocycles. The predicted octanol–water partition coefficient (Wildman–Crippen LogP) is 4.61. The Kier molecular flexibility index (Phi) is 6.67. The summed E-state index contributed by atoms with van der Waals surface area (Å²) in [6.07, 6.45) is 3.21. The molecule has 1 unspecified atom stereocenters. The standard InChI is InChI=1S/C28H27ClN10O2/c1-5-40-25-19(15(3)39-27-23(14(2)37-39)26(31)33-13-34-27)8-21(29)20(9-30)24(25)17-11-38(12-17)18-6-7-22(32-10-18)28-36-35-16(4)41-28/h6-8,10,13,15,17H,5,11-12H2,1-4H3,(H2,31,33,34). The molecule has 6 rings (SSSR count). The average molecular weight is 571 g/mol. The van der Waals surface area contributed by atoms with E-state index in [1.54, 1.807) is 23.9 Å². The molecule has 4 aromatic heterocycles. The van der Waals surface area contributed by atoms with E-state index in [9.17, 15) is 5.26 Å². The summed E-state index contributed by atoms with van der Waals surface area (Å²) < 4.78 is 13.5. The summed E-state index contributed by atoms with van der Waals surface area (Å²) in [6, 6.07) is 7.62. The number of ether oxygens (including phenoxy) is 1. The third-order valence-corrected chi connectivity index (χ3v) is 7.65. The molecule has 5 heterocycles. The van der Waals surface area contributed by atoms with Crippen molar-refractivity contribution in [2.45, 2.75) is 39.7 Å². The summed E-state index contributed by atoms with van der Waals surface area (Å²) in [5.41, 5.74) is 11.1. The first kappa shape index (κ1) is 26.5. The quantitative estimate of drug-likeness (QED) is 0.291. The molecule has 0 spiro atoms. The van der Waals surface area contributed by atoms with Gasteiger partial charge < -0.3 is 19.8 Å². The minimum Gasteiger partial charge on any atom is -0.493 e. The van der Waals surface area contributed by atoms with Gasteiger partial charge in [0.15, 0.2) is 5.65 Å². The molecule has 1 saturated heterocycles. The number of nitrogens with two attached hydrogens (primary N) is 1. The van der Waals surface area contributed by atoms with E-state index in [0.29, 0.717) is 70.4 Å². The second kappa shape index (κ2) is 10.3. The van der Waals surface area contributed by atoms with Crippen LogP contribution < -0.4 is 15.4 Å². The third-order valence-electron chi connectivity index (χ3n) is 7.36. The molecule has 1 atom stereocenters. The molecule has 1 aliphatic rings. The zero-order valence-corrected chi connectivity index (χ0v) is 23.7. The second-order valence-corrected chi connectivity index (χ2v) is 10.3. The maximum atomic E-state index is 10.1. The van der Waals surface area contributed by atoms with Crippen molar-refractivity contribution < 1.29 is 9.15 Å². The Bertz CT molecular complexity index is 1800. The Balaban J connectivity index is 1.34. The van der Waals surface area contributed by atoms with Crippen LogP contribution in [0.1, 0.15) is 54.1 Å². The number of rotatable bonds is 7. The molecular weight excluding hydrogens is 544 g/mol. The molecule has 1 aliphatic heterocycles. The molecule has 0 radical (unpaired) electrons. The van der Waals surface area contributed by atoms with E-state index >= 15 is 0 Å². The highest BCUT2D eigenvalue weighted by molar-refractivity contribution is 6.32. The molecule has 0 bridgehead atoms. The van der Waals surface area contributed by atoms with Gasteiger partial charge >= 0.3 is 0 Å². The Morgan fingerprint density at radius 3 is 2.68 bits per heavy atom. The average Bonchev–Trinajstić information content (AvgIpc) is 3.53. The summed E-state index contributed by atoms with van der Waals surface area (Å²) in [5.74, 6) is 1.90. The van der Waals surface area contributed by atoms with Crippen molar-refractivity contribution in [2.24, 2.45) is 0 Å². The maximum Gasteiger partial charge on any atom is 0.266 e. The molecule has 12 nitrogen and oxygen atoms in total. The molecule has 1 aromatic carbocycles. The van der Waals surface area contributed by atoms with Crippen LogP contribution in [-0.2, 0) is 0 Å². The predicted molar refractivity (Wildman–Crippen MR) is 153 cm³/mol. The normalized spacial score (nSPS) is 14.2. The van der Waals surface area contributed by atoms with Crippen molar-refractivity contribution >= 4 is 34.1 Å². The van der Waals surface area contributed by atoms with Gasteiger partial charge in [0.2, 0.25) is 5.89 Å². The summed E-state index contributed by atoms with van der Waals surface area (Å²) in [6.45, 7) is 9.28. The van der Waals surface area contributed by atoms with Crippen LogP contribution in [0, 0.1) is 25.2 Å². The van der Waals surface area contributed by atoms with Crippen molar-refractivity contribution in [1.82, 2.24) is 34.9 Å². The van der Waals surface area contributed by atoms with Crippen molar-refractivity contribution in [1.29, 1.82) is 5.26 Å². The minimum atomic E-state index is -0.313. The summed E-state index contributed by atoms with van der Waals surface area (Å²) in [5, 5.41) is 23.8. The topological polar surface area (TPSA) is 158 Å². The first-order chi connectivity index (χ1) is 19.8. The Morgan fingerprint density at radius 2 is 2.02 bits per heavy atom. The van der Waals surface area contributed by atoms with Gasteiger partial charge in [-0.25, -0.2) is 19.6 Å². The fourth-order valence-electron chi connectivity index (χ4n) is 5.33. The van der Waals surface area contributed by atoms with Gasteiger partial charge in [0, 0.05) is 37.1 Å². The number of benzene rings is 1. The molecule has 2 N–H and O–H groups in total. The smallest absolute Gasteiger partial charge is 0.266 e. The van der Waals surface area contributed by atoms with Crippen molar-refractivity contribution in [3.05, 3.63) is 64.0 Å². The van der Waals surface area contributed by atoms with Gasteiger partial charge in [-0.2, -0.15) is 10.4 Å². The van der Waals surface area contributed by atoms with Gasteiger partial charge in [0.25, 0.3) is 5.89 Å². The number of fused-ring (bicyclic) bond motifs is 1. The van der Waals surface area contributed by atoms with Crippen molar-refractivity contribution in [3.8, 4) is 23.4 Å². The molecule has 0 aliphatic carbocycles. The molecule has 0 amide bonds. The third kappa shape index (κ3) is 4.48. The van der Waals surface area contributed by atoms with E-state index in [-0.39, 0.29) is 12.0 Å².